The molecule has 4 rings (SSSR count). The molecule has 0 fully saturated rings. The first-order valence-electron chi connectivity index (χ1n) is 9.02. The molecule has 0 saturated heterocycles. The molecule has 5 heteroatoms. The van der Waals surface area contributed by atoms with Gasteiger partial charge < -0.3 is 0 Å². The minimum Gasteiger partial charge on any atom is -0.229 e. The van der Waals surface area contributed by atoms with E-state index in [1.54, 1.807) is 34.4 Å². The van der Waals surface area contributed by atoms with Crippen LogP contribution in [0.4, 0.5) is 0 Å². The van der Waals surface area contributed by atoms with Gasteiger partial charge in [-0.25, -0.2) is 9.97 Å². The zero-order valence-corrected chi connectivity index (χ0v) is 17.8. The normalized spacial score (nSPS) is 11.0. The second-order valence-corrected chi connectivity index (χ2v) is 9.41. The Balaban J connectivity index is 1.48. The highest BCUT2D eigenvalue weighted by Crippen LogP contribution is 2.36. The molecule has 136 valence electrons. The number of aromatic nitrogens is 2. The van der Waals surface area contributed by atoms with Crippen molar-refractivity contribution in [3.05, 3.63) is 70.4 Å². The number of thiazole rings is 2. The van der Waals surface area contributed by atoms with Gasteiger partial charge in [-0.1, -0.05) is 62.4 Å². The Bertz CT molecular complexity index is 931. The van der Waals surface area contributed by atoms with Gasteiger partial charge >= 0.3 is 0 Å². The summed E-state index contributed by atoms with van der Waals surface area (Å²) < 4.78 is 2.07. The van der Waals surface area contributed by atoms with Crippen LogP contribution in [0.1, 0.15) is 25.0 Å². The average molecular weight is 409 g/mol. The van der Waals surface area contributed by atoms with Crippen LogP contribution in [0.15, 0.2) is 68.0 Å². The summed E-state index contributed by atoms with van der Waals surface area (Å²) in [6.07, 6.45) is 2.12. The fourth-order valence-electron chi connectivity index (χ4n) is 2.77. The Labute approximate surface area is 172 Å². The van der Waals surface area contributed by atoms with Gasteiger partial charge in [0.2, 0.25) is 0 Å². The van der Waals surface area contributed by atoms with Crippen molar-refractivity contribution >= 4 is 34.4 Å². The highest BCUT2D eigenvalue weighted by atomic mass is 32.2. The molecule has 0 atom stereocenters. The molecular formula is C22H20N2S3. The van der Waals surface area contributed by atoms with Crippen molar-refractivity contribution in [2.24, 2.45) is 0 Å². The van der Waals surface area contributed by atoms with E-state index in [-0.39, 0.29) is 0 Å². The Morgan fingerprint density at radius 2 is 1.07 bits per heavy atom. The van der Waals surface area contributed by atoms with Crippen molar-refractivity contribution in [3.63, 3.8) is 0 Å². The van der Waals surface area contributed by atoms with E-state index in [9.17, 15) is 0 Å². The van der Waals surface area contributed by atoms with Gasteiger partial charge in [0.15, 0.2) is 8.68 Å². The molecule has 0 unspecified atom stereocenters. The van der Waals surface area contributed by atoms with Crippen molar-refractivity contribution in [2.75, 3.05) is 0 Å². The standard InChI is InChI=1S/C22H20N2S3/c1-3-15-5-9-17(10-6-15)19-13-25-21(23-19)27-22-24-20(14-26-22)18-11-7-16(4-2)8-12-18/h5-14H,3-4H2,1-2H3. The van der Waals surface area contributed by atoms with Gasteiger partial charge in [0.05, 0.1) is 11.4 Å². The van der Waals surface area contributed by atoms with E-state index in [2.05, 4.69) is 73.1 Å². The van der Waals surface area contributed by atoms with Crippen LogP contribution in [-0.4, -0.2) is 9.97 Å². The summed E-state index contributed by atoms with van der Waals surface area (Å²) in [6.45, 7) is 4.35. The monoisotopic (exact) mass is 408 g/mol. The second kappa shape index (κ2) is 8.38. The molecule has 2 aromatic carbocycles. The fraction of sp³-hybridized carbons (Fsp3) is 0.182. The minimum absolute atomic E-state index is 1.03. The molecule has 2 heterocycles. The summed E-state index contributed by atoms with van der Waals surface area (Å²) in [4.78, 5) is 9.57. The number of hydrogen-bond donors (Lipinski definition) is 0. The maximum absolute atomic E-state index is 4.78. The summed E-state index contributed by atoms with van der Waals surface area (Å²) in [5.74, 6) is 0. The van der Waals surface area contributed by atoms with Gasteiger partial charge in [-0.3, -0.25) is 0 Å². The summed E-state index contributed by atoms with van der Waals surface area (Å²) in [5, 5.41) is 4.25. The summed E-state index contributed by atoms with van der Waals surface area (Å²) in [7, 11) is 0. The van der Waals surface area contributed by atoms with E-state index in [0.717, 1.165) is 32.9 Å². The van der Waals surface area contributed by atoms with Crippen molar-refractivity contribution in [2.45, 2.75) is 35.4 Å². The SMILES string of the molecule is CCc1ccc(-c2csc(Sc3nc(-c4ccc(CC)cc4)cs3)n2)cc1. The zero-order valence-electron chi connectivity index (χ0n) is 15.3. The molecule has 2 nitrogen and oxygen atoms in total. The number of aryl methyl sites for hydroxylation is 2. The van der Waals surface area contributed by atoms with Gasteiger partial charge in [0.1, 0.15) is 0 Å². The molecule has 27 heavy (non-hydrogen) atoms. The molecule has 0 N–H and O–H groups in total. The van der Waals surface area contributed by atoms with E-state index in [1.807, 2.05) is 0 Å². The fourth-order valence-corrected chi connectivity index (χ4v) is 5.62. The van der Waals surface area contributed by atoms with E-state index in [1.165, 1.54) is 22.3 Å². The molecule has 0 spiro atoms. The third-order valence-electron chi connectivity index (χ3n) is 4.46. The van der Waals surface area contributed by atoms with Crippen LogP contribution in [0.3, 0.4) is 0 Å². The summed E-state index contributed by atoms with van der Waals surface area (Å²) >= 11 is 5.00. The first-order valence-corrected chi connectivity index (χ1v) is 11.6. The van der Waals surface area contributed by atoms with E-state index < -0.39 is 0 Å². The summed E-state index contributed by atoms with van der Waals surface area (Å²) in [5.41, 5.74) is 7.13. The number of hydrogen-bond acceptors (Lipinski definition) is 5. The Morgan fingerprint density at radius 1 is 0.667 bits per heavy atom. The minimum atomic E-state index is 1.03. The molecule has 0 aliphatic heterocycles. The number of benzene rings is 2. The van der Waals surface area contributed by atoms with Crippen LogP contribution in [0, 0.1) is 0 Å². The van der Waals surface area contributed by atoms with Crippen molar-refractivity contribution in [3.8, 4) is 22.5 Å². The smallest absolute Gasteiger partial charge is 0.157 e. The lowest BCUT2D eigenvalue weighted by molar-refractivity contribution is 1.14. The predicted octanol–water partition coefficient (Wildman–Crippen LogP) is 7.21. The van der Waals surface area contributed by atoms with Crippen molar-refractivity contribution in [1.29, 1.82) is 0 Å². The van der Waals surface area contributed by atoms with Crippen LogP contribution in [-0.2, 0) is 12.8 Å². The Morgan fingerprint density at radius 3 is 1.44 bits per heavy atom. The molecule has 0 bridgehead atoms. The molecule has 2 aromatic heterocycles. The average Bonchev–Trinajstić information content (AvgIpc) is 3.38. The maximum Gasteiger partial charge on any atom is 0.157 e. The molecule has 0 saturated carbocycles. The van der Waals surface area contributed by atoms with E-state index in [4.69, 9.17) is 9.97 Å². The maximum atomic E-state index is 4.78. The highest BCUT2D eigenvalue weighted by Gasteiger charge is 2.10. The topological polar surface area (TPSA) is 25.8 Å². The highest BCUT2D eigenvalue weighted by molar-refractivity contribution is 8.02. The summed E-state index contributed by atoms with van der Waals surface area (Å²) in [6, 6.07) is 17.3. The van der Waals surface area contributed by atoms with Crippen molar-refractivity contribution in [1.82, 2.24) is 9.97 Å². The van der Waals surface area contributed by atoms with Gasteiger partial charge in [-0.05, 0) is 35.7 Å². The van der Waals surface area contributed by atoms with Crippen LogP contribution in [0.25, 0.3) is 22.5 Å². The Hall–Kier alpha value is -1.95. The quantitative estimate of drug-likeness (QED) is 0.337. The van der Waals surface area contributed by atoms with Gasteiger partial charge in [0.25, 0.3) is 0 Å². The van der Waals surface area contributed by atoms with E-state index >= 15 is 0 Å². The Kier molecular flexibility index (Phi) is 5.72. The number of nitrogens with zero attached hydrogens (tertiary/aromatic N) is 2. The predicted molar refractivity (Wildman–Crippen MR) is 118 cm³/mol. The third-order valence-corrected chi connectivity index (χ3v) is 7.33. The van der Waals surface area contributed by atoms with Gasteiger partial charge in [-0.15, -0.1) is 22.7 Å². The van der Waals surface area contributed by atoms with Crippen LogP contribution in [0.2, 0.25) is 0 Å². The lowest BCUT2D eigenvalue weighted by Crippen LogP contribution is -1.82. The van der Waals surface area contributed by atoms with Crippen LogP contribution < -0.4 is 0 Å². The van der Waals surface area contributed by atoms with Gasteiger partial charge in [0, 0.05) is 21.9 Å². The third kappa shape index (κ3) is 4.32. The lowest BCUT2D eigenvalue weighted by Gasteiger charge is -1.99. The molecule has 0 radical (unpaired) electrons. The second-order valence-electron chi connectivity index (χ2n) is 6.20. The molecule has 0 aliphatic carbocycles. The molecule has 4 aromatic rings. The first-order chi connectivity index (χ1) is 13.2. The molecular weight excluding hydrogens is 388 g/mol. The first kappa shape index (κ1) is 18.4. The van der Waals surface area contributed by atoms with Crippen molar-refractivity contribution < 1.29 is 0 Å². The number of rotatable bonds is 6. The molecule has 0 amide bonds. The largest absolute Gasteiger partial charge is 0.229 e. The lowest BCUT2D eigenvalue weighted by atomic mass is 10.1. The van der Waals surface area contributed by atoms with E-state index in [0.29, 0.717) is 0 Å². The van der Waals surface area contributed by atoms with Crippen LogP contribution >= 0.6 is 34.4 Å². The molecule has 0 aliphatic rings. The van der Waals surface area contributed by atoms with Gasteiger partial charge in [-0.2, -0.15) is 0 Å². The zero-order chi connectivity index (χ0) is 18.6. The van der Waals surface area contributed by atoms with Crippen LogP contribution in [0.5, 0.6) is 0 Å².